The molecule has 88 valence electrons. The zero-order valence-electron chi connectivity index (χ0n) is 10.1. The molecule has 1 aromatic heterocycles. The van der Waals surface area contributed by atoms with Crippen LogP contribution >= 0.6 is 0 Å². The van der Waals surface area contributed by atoms with Crippen LogP contribution in [0.4, 0.5) is 0 Å². The van der Waals surface area contributed by atoms with Crippen molar-refractivity contribution in [1.82, 2.24) is 15.3 Å². The minimum absolute atomic E-state index is 0.299. The molecule has 17 heavy (non-hydrogen) atoms. The fourth-order valence-corrected chi connectivity index (χ4v) is 2.04. The molecule has 0 aliphatic rings. The summed E-state index contributed by atoms with van der Waals surface area (Å²) in [7, 11) is 1.98. The summed E-state index contributed by atoms with van der Waals surface area (Å²) in [4.78, 5) is 8.76. The van der Waals surface area contributed by atoms with E-state index in [0.717, 1.165) is 23.9 Å². The summed E-state index contributed by atoms with van der Waals surface area (Å²) >= 11 is 0. The molecule has 0 saturated heterocycles. The van der Waals surface area contributed by atoms with Gasteiger partial charge in [0.1, 0.15) is 0 Å². The molecule has 0 bridgehead atoms. The normalized spacial score (nSPS) is 12.5. The molecule has 0 aliphatic heterocycles. The summed E-state index contributed by atoms with van der Waals surface area (Å²) in [6.45, 7) is 3.77. The predicted octanol–water partition coefficient (Wildman–Crippen LogP) is 2.86. The van der Waals surface area contributed by atoms with Gasteiger partial charge in [0.05, 0.1) is 11.0 Å². The number of aromatic nitrogens is 2. The SMILES string of the molecule is C=CCCC(NC)c1cccc2nccnc12. The lowest BCUT2D eigenvalue weighted by molar-refractivity contribution is 0.557. The molecule has 0 radical (unpaired) electrons. The van der Waals surface area contributed by atoms with Crippen LogP contribution in [-0.4, -0.2) is 17.0 Å². The molecule has 0 saturated carbocycles. The first-order chi connectivity index (χ1) is 8.36. The second-order valence-electron chi connectivity index (χ2n) is 3.98. The van der Waals surface area contributed by atoms with Gasteiger partial charge in [-0.15, -0.1) is 6.58 Å². The van der Waals surface area contributed by atoms with Gasteiger partial charge in [0.15, 0.2) is 0 Å². The Morgan fingerprint density at radius 2 is 2.18 bits per heavy atom. The number of para-hydroxylation sites is 1. The largest absolute Gasteiger partial charge is 0.313 e. The highest BCUT2D eigenvalue weighted by Gasteiger charge is 2.12. The average Bonchev–Trinajstić information content (AvgIpc) is 2.40. The van der Waals surface area contributed by atoms with Crippen LogP contribution in [0.3, 0.4) is 0 Å². The van der Waals surface area contributed by atoms with Gasteiger partial charge in [0, 0.05) is 18.4 Å². The second-order valence-corrected chi connectivity index (χ2v) is 3.98. The van der Waals surface area contributed by atoms with Crippen LogP contribution in [0.2, 0.25) is 0 Å². The van der Waals surface area contributed by atoms with Gasteiger partial charge in [-0.25, -0.2) is 0 Å². The van der Waals surface area contributed by atoms with Gasteiger partial charge in [0.25, 0.3) is 0 Å². The van der Waals surface area contributed by atoms with Crippen LogP contribution in [0.25, 0.3) is 11.0 Å². The summed E-state index contributed by atoms with van der Waals surface area (Å²) in [6.07, 6.45) is 7.43. The van der Waals surface area contributed by atoms with E-state index in [9.17, 15) is 0 Å². The Morgan fingerprint density at radius 1 is 1.35 bits per heavy atom. The standard InChI is InChI=1S/C14H17N3/c1-3-4-7-12(15-2)11-6-5-8-13-14(11)17-10-9-16-13/h3,5-6,8-10,12,15H,1,4,7H2,2H3. The second kappa shape index (κ2) is 5.55. The Labute approximate surface area is 102 Å². The molecule has 3 nitrogen and oxygen atoms in total. The minimum atomic E-state index is 0.299. The molecule has 1 N–H and O–H groups in total. The highest BCUT2D eigenvalue weighted by atomic mass is 14.9. The van der Waals surface area contributed by atoms with Gasteiger partial charge in [-0.2, -0.15) is 0 Å². The van der Waals surface area contributed by atoms with Crippen molar-refractivity contribution in [2.75, 3.05) is 7.05 Å². The van der Waals surface area contributed by atoms with E-state index in [4.69, 9.17) is 0 Å². The molecular formula is C14H17N3. The number of nitrogens with one attached hydrogen (secondary N) is 1. The Kier molecular flexibility index (Phi) is 3.83. The number of benzene rings is 1. The lowest BCUT2D eigenvalue weighted by Gasteiger charge is -2.16. The Hall–Kier alpha value is -1.74. The number of fused-ring (bicyclic) bond motifs is 1. The number of hydrogen-bond donors (Lipinski definition) is 1. The van der Waals surface area contributed by atoms with Crippen LogP contribution in [0, 0.1) is 0 Å². The smallest absolute Gasteiger partial charge is 0.0934 e. The Bertz CT molecular complexity index is 502. The highest BCUT2D eigenvalue weighted by molar-refractivity contribution is 5.78. The van der Waals surface area contributed by atoms with Gasteiger partial charge in [-0.05, 0) is 31.5 Å². The van der Waals surface area contributed by atoms with Crippen LogP contribution < -0.4 is 5.32 Å². The van der Waals surface area contributed by atoms with Crippen molar-refractivity contribution >= 4 is 11.0 Å². The van der Waals surface area contributed by atoms with Gasteiger partial charge >= 0.3 is 0 Å². The number of rotatable bonds is 5. The predicted molar refractivity (Wildman–Crippen MR) is 70.8 cm³/mol. The third-order valence-corrected chi connectivity index (χ3v) is 2.91. The van der Waals surface area contributed by atoms with E-state index in [-0.39, 0.29) is 0 Å². The zero-order chi connectivity index (χ0) is 12.1. The van der Waals surface area contributed by atoms with Gasteiger partial charge in [-0.1, -0.05) is 18.2 Å². The fourth-order valence-electron chi connectivity index (χ4n) is 2.04. The number of hydrogen-bond acceptors (Lipinski definition) is 3. The molecule has 1 aromatic carbocycles. The topological polar surface area (TPSA) is 37.8 Å². The van der Waals surface area contributed by atoms with E-state index in [0.29, 0.717) is 6.04 Å². The van der Waals surface area contributed by atoms with Crippen molar-refractivity contribution in [1.29, 1.82) is 0 Å². The van der Waals surface area contributed by atoms with Crippen molar-refractivity contribution in [3.63, 3.8) is 0 Å². The van der Waals surface area contributed by atoms with Gasteiger partial charge < -0.3 is 5.32 Å². The summed E-state index contributed by atoms with van der Waals surface area (Å²) in [5.74, 6) is 0. The third kappa shape index (κ3) is 2.50. The molecule has 2 aromatic rings. The third-order valence-electron chi connectivity index (χ3n) is 2.91. The monoisotopic (exact) mass is 227 g/mol. The molecule has 3 heteroatoms. The maximum Gasteiger partial charge on any atom is 0.0934 e. The van der Waals surface area contributed by atoms with Crippen LogP contribution in [0.15, 0.2) is 43.2 Å². The van der Waals surface area contributed by atoms with Crippen molar-refractivity contribution < 1.29 is 0 Å². The first kappa shape index (κ1) is 11.7. The maximum absolute atomic E-state index is 4.43. The Balaban J connectivity index is 2.42. The highest BCUT2D eigenvalue weighted by Crippen LogP contribution is 2.24. The van der Waals surface area contributed by atoms with E-state index in [2.05, 4.69) is 27.9 Å². The van der Waals surface area contributed by atoms with Crippen molar-refractivity contribution in [3.05, 3.63) is 48.8 Å². The molecule has 2 rings (SSSR count). The van der Waals surface area contributed by atoms with E-state index >= 15 is 0 Å². The lowest BCUT2D eigenvalue weighted by atomic mass is 10.0. The lowest BCUT2D eigenvalue weighted by Crippen LogP contribution is -2.16. The van der Waals surface area contributed by atoms with E-state index < -0.39 is 0 Å². The zero-order valence-corrected chi connectivity index (χ0v) is 10.1. The number of nitrogens with zero attached hydrogens (tertiary/aromatic N) is 2. The van der Waals surface area contributed by atoms with Gasteiger partial charge in [0.2, 0.25) is 0 Å². The summed E-state index contributed by atoms with van der Waals surface area (Å²) < 4.78 is 0. The van der Waals surface area contributed by atoms with Crippen molar-refractivity contribution in [3.8, 4) is 0 Å². The minimum Gasteiger partial charge on any atom is -0.313 e. The first-order valence-electron chi connectivity index (χ1n) is 5.84. The molecule has 0 aliphatic carbocycles. The van der Waals surface area contributed by atoms with E-state index in [1.54, 1.807) is 12.4 Å². The molecule has 0 spiro atoms. The van der Waals surface area contributed by atoms with Crippen molar-refractivity contribution in [2.24, 2.45) is 0 Å². The fraction of sp³-hybridized carbons (Fsp3) is 0.286. The quantitative estimate of drug-likeness (QED) is 0.798. The molecule has 0 amide bonds. The van der Waals surface area contributed by atoms with Crippen LogP contribution in [0.1, 0.15) is 24.4 Å². The van der Waals surface area contributed by atoms with Crippen LogP contribution in [-0.2, 0) is 0 Å². The molecule has 0 fully saturated rings. The van der Waals surface area contributed by atoms with E-state index in [1.165, 1.54) is 5.56 Å². The van der Waals surface area contributed by atoms with E-state index in [1.807, 2.05) is 25.3 Å². The average molecular weight is 227 g/mol. The molecule has 1 heterocycles. The Morgan fingerprint density at radius 3 is 2.94 bits per heavy atom. The van der Waals surface area contributed by atoms with Crippen LogP contribution in [0.5, 0.6) is 0 Å². The molecule has 1 unspecified atom stereocenters. The van der Waals surface area contributed by atoms with Gasteiger partial charge in [-0.3, -0.25) is 9.97 Å². The molecule has 1 atom stereocenters. The first-order valence-corrected chi connectivity index (χ1v) is 5.84. The summed E-state index contributed by atoms with van der Waals surface area (Å²) in [5, 5.41) is 3.33. The maximum atomic E-state index is 4.43. The summed E-state index contributed by atoms with van der Waals surface area (Å²) in [6, 6.07) is 6.44. The number of allylic oxidation sites excluding steroid dienone is 1. The summed E-state index contributed by atoms with van der Waals surface area (Å²) in [5.41, 5.74) is 3.14. The van der Waals surface area contributed by atoms with Crippen molar-refractivity contribution in [2.45, 2.75) is 18.9 Å². The molecular weight excluding hydrogens is 210 g/mol.